The second-order valence-corrected chi connectivity index (χ2v) is 6.79. The zero-order chi connectivity index (χ0) is 22.1. The number of nitrogens with one attached hydrogen (secondary N) is 2. The van der Waals surface area contributed by atoms with E-state index in [-0.39, 0.29) is 23.1 Å². The minimum atomic E-state index is -0.525. The van der Waals surface area contributed by atoms with Gasteiger partial charge in [0.1, 0.15) is 17.4 Å². The largest absolute Gasteiger partial charge is 0.482 e. The Hall–Kier alpha value is -4.08. The van der Waals surface area contributed by atoms with Crippen molar-refractivity contribution in [3.05, 3.63) is 95.0 Å². The van der Waals surface area contributed by atoms with Gasteiger partial charge in [-0.15, -0.1) is 0 Å². The summed E-state index contributed by atoms with van der Waals surface area (Å²) in [6.45, 7) is -0.216. The Morgan fingerprint density at radius 2 is 1.55 bits per heavy atom. The molecule has 0 heterocycles. The topological polar surface area (TPSA) is 91.2 Å². The maximum atomic E-state index is 12.3. The molecular weight excluding hydrogens is 414 g/mol. The molecule has 3 aromatic rings. The van der Waals surface area contributed by atoms with Crippen molar-refractivity contribution in [2.24, 2.45) is 0 Å². The van der Waals surface area contributed by atoms with Gasteiger partial charge in [-0.05, 0) is 48.0 Å². The normalized spacial score (nSPS) is 10.6. The molecule has 0 saturated heterocycles. The molecule has 0 bridgehead atoms. The molecule has 0 unspecified atom stereocenters. The summed E-state index contributed by atoms with van der Waals surface area (Å²) in [5.41, 5.74) is 1.73. The highest BCUT2D eigenvalue weighted by Crippen LogP contribution is 2.26. The van der Waals surface area contributed by atoms with Gasteiger partial charge in [0.15, 0.2) is 6.61 Å². The Bertz CT molecular complexity index is 1140. The molecule has 2 amide bonds. The highest BCUT2D eigenvalue weighted by molar-refractivity contribution is 6.32. The highest BCUT2D eigenvalue weighted by atomic mass is 35.5. The lowest BCUT2D eigenvalue weighted by molar-refractivity contribution is -0.118. The van der Waals surface area contributed by atoms with Crippen molar-refractivity contribution in [3.8, 4) is 11.8 Å². The molecule has 0 aliphatic heterocycles. The predicted molar refractivity (Wildman–Crippen MR) is 121 cm³/mol. The highest BCUT2D eigenvalue weighted by Gasteiger charge is 2.11. The molecular formula is C24H18ClN3O3. The lowest BCUT2D eigenvalue weighted by Gasteiger charge is -2.09. The summed E-state index contributed by atoms with van der Waals surface area (Å²) < 4.78 is 5.47. The zero-order valence-electron chi connectivity index (χ0n) is 16.3. The van der Waals surface area contributed by atoms with Crippen molar-refractivity contribution in [1.29, 1.82) is 5.26 Å². The Kier molecular flexibility index (Phi) is 7.41. The maximum absolute atomic E-state index is 12.3. The molecule has 3 rings (SSSR count). The van der Waals surface area contributed by atoms with Crippen LogP contribution in [0, 0.1) is 11.3 Å². The average molecular weight is 432 g/mol. The summed E-state index contributed by atoms with van der Waals surface area (Å²) in [6, 6.07) is 24.5. The molecule has 6 nitrogen and oxygen atoms in total. The quantitative estimate of drug-likeness (QED) is 0.411. The molecule has 0 aliphatic carbocycles. The van der Waals surface area contributed by atoms with Crippen LogP contribution in [-0.2, 0) is 9.59 Å². The molecule has 0 radical (unpaired) electrons. The molecule has 31 heavy (non-hydrogen) atoms. The number of halogens is 1. The fourth-order valence-corrected chi connectivity index (χ4v) is 2.86. The number of ether oxygens (including phenoxy) is 1. The number of hydrogen-bond donors (Lipinski definition) is 2. The third-order valence-corrected chi connectivity index (χ3v) is 4.38. The van der Waals surface area contributed by atoms with Gasteiger partial charge in [-0.3, -0.25) is 9.59 Å². The number of carbonyl (C=O) groups is 2. The minimum Gasteiger partial charge on any atom is -0.482 e. The van der Waals surface area contributed by atoms with Gasteiger partial charge in [0.25, 0.3) is 11.8 Å². The smallest absolute Gasteiger partial charge is 0.266 e. The standard InChI is InChI=1S/C24H18ClN3O3/c25-21-14-17(13-18(15-26)24(30)28-20-9-5-2-6-10-20)11-12-22(21)31-16-23(29)27-19-7-3-1-4-8-19/h1-14H,16H2,(H,27,29)(H,28,30)/b18-13+. The third kappa shape index (κ3) is 6.46. The second kappa shape index (κ2) is 10.6. The summed E-state index contributed by atoms with van der Waals surface area (Å²) in [7, 11) is 0. The molecule has 3 aromatic carbocycles. The number of carbonyl (C=O) groups excluding carboxylic acids is 2. The molecule has 154 valence electrons. The van der Waals surface area contributed by atoms with E-state index in [1.165, 1.54) is 6.08 Å². The van der Waals surface area contributed by atoms with Gasteiger partial charge >= 0.3 is 0 Å². The number of hydrogen-bond acceptors (Lipinski definition) is 4. The van der Waals surface area contributed by atoms with Gasteiger partial charge in [-0.2, -0.15) is 5.26 Å². The number of nitriles is 1. The van der Waals surface area contributed by atoms with Gasteiger partial charge < -0.3 is 15.4 Å². The summed E-state index contributed by atoms with van der Waals surface area (Å²) in [5, 5.41) is 15.0. The van der Waals surface area contributed by atoms with E-state index in [1.807, 2.05) is 30.3 Å². The van der Waals surface area contributed by atoms with Crippen LogP contribution in [-0.4, -0.2) is 18.4 Å². The van der Waals surface area contributed by atoms with E-state index in [0.717, 1.165) is 0 Å². The van der Waals surface area contributed by atoms with Crippen LogP contribution in [0.5, 0.6) is 5.75 Å². The van der Waals surface area contributed by atoms with E-state index >= 15 is 0 Å². The Labute approximate surface area is 184 Å². The van der Waals surface area contributed by atoms with Crippen LogP contribution < -0.4 is 15.4 Å². The molecule has 0 spiro atoms. The van der Waals surface area contributed by atoms with E-state index < -0.39 is 5.91 Å². The maximum Gasteiger partial charge on any atom is 0.266 e. The van der Waals surface area contributed by atoms with Gasteiger partial charge in [-0.1, -0.05) is 54.1 Å². The van der Waals surface area contributed by atoms with Crippen LogP contribution in [0.1, 0.15) is 5.56 Å². The number of benzene rings is 3. The number of amides is 2. The van der Waals surface area contributed by atoms with E-state index in [1.54, 1.807) is 54.6 Å². The first-order valence-corrected chi connectivity index (χ1v) is 9.68. The molecule has 2 N–H and O–H groups in total. The fourth-order valence-electron chi connectivity index (χ4n) is 2.62. The molecule has 0 saturated carbocycles. The third-order valence-electron chi connectivity index (χ3n) is 4.08. The number of nitrogens with zero attached hydrogens (tertiary/aromatic N) is 1. The molecule has 0 aromatic heterocycles. The van der Waals surface area contributed by atoms with E-state index in [2.05, 4.69) is 10.6 Å². The Balaban J connectivity index is 1.63. The molecule has 7 heteroatoms. The van der Waals surface area contributed by atoms with E-state index in [0.29, 0.717) is 22.7 Å². The van der Waals surface area contributed by atoms with Crippen molar-refractivity contribution in [1.82, 2.24) is 0 Å². The van der Waals surface area contributed by atoms with E-state index in [9.17, 15) is 14.9 Å². The molecule has 0 atom stereocenters. The first-order valence-electron chi connectivity index (χ1n) is 9.30. The van der Waals surface area contributed by atoms with Crippen LogP contribution in [0.15, 0.2) is 84.4 Å². The van der Waals surface area contributed by atoms with Crippen molar-refractivity contribution in [2.75, 3.05) is 17.2 Å². The van der Waals surface area contributed by atoms with Crippen molar-refractivity contribution in [2.45, 2.75) is 0 Å². The number of anilines is 2. The summed E-state index contributed by atoms with van der Waals surface area (Å²) in [6.07, 6.45) is 1.43. The summed E-state index contributed by atoms with van der Waals surface area (Å²) >= 11 is 6.24. The number of para-hydroxylation sites is 2. The first kappa shape index (κ1) is 21.6. The van der Waals surface area contributed by atoms with Crippen LogP contribution in [0.4, 0.5) is 11.4 Å². The Morgan fingerprint density at radius 1 is 0.935 bits per heavy atom. The lowest BCUT2D eigenvalue weighted by Crippen LogP contribution is -2.20. The SMILES string of the molecule is N#C/C(=C\c1ccc(OCC(=O)Nc2ccccc2)c(Cl)c1)C(=O)Nc1ccccc1. The summed E-state index contributed by atoms with van der Waals surface area (Å²) in [4.78, 5) is 24.3. The lowest BCUT2D eigenvalue weighted by atomic mass is 10.1. The van der Waals surface area contributed by atoms with Gasteiger partial charge in [-0.25, -0.2) is 0 Å². The average Bonchev–Trinajstić information content (AvgIpc) is 2.78. The van der Waals surface area contributed by atoms with Crippen molar-refractivity contribution < 1.29 is 14.3 Å². The predicted octanol–water partition coefficient (Wildman–Crippen LogP) is 4.90. The van der Waals surface area contributed by atoms with Crippen LogP contribution >= 0.6 is 11.6 Å². The first-order chi connectivity index (χ1) is 15.0. The van der Waals surface area contributed by atoms with Gasteiger partial charge in [0.05, 0.1) is 5.02 Å². The van der Waals surface area contributed by atoms with Crippen LogP contribution in [0.25, 0.3) is 6.08 Å². The fraction of sp³-hybridized carbons (Fsp3) is 0.0417. The van der Waals surface area contributed by atoms with Gasteiger partial charge in [0.2, 0.25) is 0 Å². The van der Waals surface area contributed by atoms with Gasteiger partial charge in [0, 0.05) is 11.4 Å². The Morgan fingerprint density at radius 3 is 2.13 bits per heavy atom. The van der Waals surface area contributed by atoms with Crippen molar-refractivity contribution >= 4 is 40.9 Å². The monoisotopic (exact) mass is 431 g/mol. The van der Waals surface area contributed by atoms with Crippen molar-refractivity contribution in [3.63, 3.8) is 0 Å². The minimum absolute atomic E-state index is 0.0733. The number of rotatable bonds is 7. The molecule has 0 fully saturated rings. The molecule has 0 aliphatic rings. The summed E-state index contributed by atoms with van der Waals surface area (Å²) in [5.74, 6) is -0.535. The van der Waals surface area contributed by atoms with Crippen LogP contribution in [0.2, 0.25) is 5.02 Å². The van der Waals surface area contributed by atoms with Crippen LogP contribution in [0.3, 0.4) is 0 Å². The zero-order valence-corrected chi connectivity index (χ0v) is 17.1. The van der Waals surface area contributed by atoms with E-state index in [4.69, 9.17) is 16.3 Å². The second-order valence-electron chi connectivity index (χ2n) is 6.38.